The number of hydrogen-bond donors (Lipinski definition) is 1. The van der Waals surface area contributed by atoms with E-state index >= 15 is 0 Å². The maximum atomic E-state index is 11.4. The van der Waals surface area contributed by atoms with Crippen LogP contribution < -0.4 is 10.2 Å². The summed E-state index contributed by atoms with van der Waals surface area (Å²) in [6.07, 6.45) is 2.59. The number of hydrogen-bond acceptors (Lipinski definition) is 4. The lowest BCUT2D eigenvalue weighted by atomic mass is 10.2. The van der Waals surface area contributed by atoms with Crippen LogP contribution in [0.5, 0.6) is 0 Å². The number of sulfone groups is 1. The molecule has 0 atom stereocenters. The van der Waals surface area contributed by atoms with Gasteiger partial charge in [0.05, 0.1) is 11.5 Å². The van der Waals surface area contributed by atoms with E-state index in [1.165, 1.54) is 18.4 Å². The van der Waals surface area contributed by atoms with Gasteiger partial charge in [0.1, 0.15) is 0 Å². The topological polar surface area (TPSA) is 49.4 Å². The first-order valence-corrected chi connectivity index (χ1v) is 8.72. The van der Waals surface area contributed by atoms with E-state index in [2.05, 4.69) is 34.5 Å². The normalized spacial score (nSPS) is 22.4. The van der Waals surface area contributed by atoms with Crippen LogP contribution in [-0.4, -0.2) is 39.1 Å². The van der Waals surface area contributed by atoms with Gasteiger partial charge in [0.15, 0.2) is 9.84 Å². The quantitative estimate of drug-likeness (QED) is 0.899. The Morgan fingerprint density at radius 3 is 2.63 bits per heavy atom. The molecule has 0 spiro atoms. The molecule has 1 heterocycles. The fourth-order valence-corrected chi connectivity index (χ4v) is 3.58. The molecule has 104 valence electrons. The molecular formula is C14H20N2O2S. The SMILES string of the molecule is O=S1(=O)CCN(c2cccc(CNC3CC3)c2)CC1. The molecule has 1 aliphatic carbocycles. The van der Waals surface area contributed by atoms with Gasteiger partial charge in [0.25, 0.3) is 0 Å². The number of benzene rings is 1. The van der Waals surface area contributed by atoms with Crippen molar-refractivity contribution in [3.05, 3.63) is 29.8 Å². The molecule has 1 aromatic carbocycles. The van der Waals surface area contributed by atoms with Crippen molar-refractivity contribution in [1.29, 1.82) is 0 Å². The Labute approximate surface area is 114 Å². The predicted octanol–water partition coefficient (Wildman–Crippen LogP) is 1.17. The zero-order valence-corrected chi connectivity index (χ0v) is 11.8. The number of nitrogens with zero attached hydrogens (tertiary/aromatic N) is 1. The minimum Gasteiger partial charge on any atom is -0.369 e. The molecule has 0 aromatic heterocycles. The lowest BCUT2D eigenvalue weighted by Gasteiger charge is -2.29. The molecule has 0 radical (unpaired) electrons. The first kappa shape index (κ1) is 12.9. The molecule has 4 nitrogen and oxygen atoms in total. The van der Waals surface area contributed by atoms with Crippen molar-refractivity contribution >= 4 is 15.5 Å². The van der Waals surface area contributed by atoms with E-state index in [1.807, 2.05) is 0 Å². The Morgan fingerprint density at radius 1 is 1.21 bits per heavy atom. The van der Waals surface area contributed by atoms with Gasteiger partial charge in [-0.1, -0.05) is 12.1 Å². The van der Waals surface area contributed by atoms with Crippen molar-refractivity contribution in [1.82, 2.24) is 5.32 Å². The average molecular weight is 280 g/mol. The van der Waals surface area contributed by atoms with Gasteiger partial charge < -0.3 is 10.2 Å². The molecule has 0 unspecified atom stereocenters. The van der Waals surface area contributed by atoms with Gasteiger partial charge in [-0.25, -0.2) is 8.42 Å². The highest BCUT2D eigenvalue weighted by molar-refractivity contribution is 7.91. The molecule has 1 aliphatic heterocycles. The Bertz CT molecular complexity index is 538. The van der Waals surface area contributed by atoms with Gasteiger partial charge >= 0.3 is 0 Å². The van der Waals surface area contributed by atoms with Crippen LogP contribution in [0.15, 0.2) is 24.3 Å². The fourth-order valence-electron chi connectivity index (χ4n) is 2.38. The summed E-state index contributed by atoms with van der Waals surface area (Å²) in [5.41, 5.74) is 2.42. The molecule has 1 N–H and O–H groups in total. The lowest BCUT2D eigenvalue weighted by molar-refractivity contribution is 0.587. The van der Waals surface area contributed by atoms with E-state index in [4.69, 9.17) is 0 Å². The summed E-state index contributed by atoms with van der Waals surface area (Å²) in [6, 6.07) is 9.14. The fraction of sp³-hybridized carbons (Fsp3) is 0.571. The Hall–Kier alpha value is -1.07. The minimum absolute atomic E-state index is 0.275. The molecule has 2 fully saturated rings. The summed E-state index contributed by atoms with van der Waals surface area (Å²) in [5, 5.41) is 3.50. The predicted molar refractivity (Wildman–Crippen MR) is 77.2 cm³/mol. The molecule has 5 heteroatoms. The molecule has 0 amide bonds. The second-order valence-corrected chi connectivity index (χ2v) is 7.77. The van der Waals surface area contributed by atoms with Gasteiger partial charge in [-0.2, -0.15) is 0 Å². The van der Waals surface area contributed by atoms with Crippen LogP contribution in [0.3, 0.4) is 0 Å². The van der Waals surface area contributed by atoms with Crippen molar-refractivity contribution in [2.24, 2.45) is 0 Å². The highest BCUT2D eigenvalue weighted by Crippen LogP contribution is 2.21. The van der Waals surface area contributed by atoms with E-state index in [-0.39, 0.29) is 11.5 Å². The van der Waals surface area contributed by atoms with Gasteiger partial charge in [0.2, 0.25) is 0 Å². The molecule has 1 saturated carbocycles. The van der Waals surface area contributed by atoms with Gasteiger partial charge in [-0.05, 0) is 30.5 Å². The second kappa shape index (κ2) is 5.13. The first-order chi connectivity index (χ1) is 9.12. The van der Waals surface area contributed by atoms with E-state index < -0.39 is 9.84 Å². The minimum atomic E-state index is -2.80. The Balaban J connectivity index is 1.65. The van der Waals surface area contributed by atoms with Crippen LogP contribution in [0.4, 0.5) is 5.69 Å². The molecule has 1 aromatic rings. The van der Waals surface area contributed by atoms with E-state index in [1.54, 1.807) is 0 Å². The summed E-state index contributed by atoms with van der Waals surface area (Å²) in [7, 11) is -2.80. The second-order valence-electron chi connectivity index (χ2n) is 5.46. The van der Waals surface area contributed by atoms with Crippen LogP contribution >= 0.6 is 0 Å². The lowest BCUT2D eigenvalue weighted by Crippen LogP contribution is -2.40. The number of rotatable bonds is 4. The van der Waals surface area contributed by atoms with Crippen LogP contribution in [0.1, 0.15) is 18.4 Å². The number of anilines is 1. The van der Waals surface area contributed by atoms with E-state index in [0.29, 0.717) is 19.1 Å². The van der Waals surface area contributed by atoms with Crippen molar-refractivity contribution in [3.8, 4) is 0 Å². The Kier molecular flexibility index (Phi) is 3.50. The standard InChI is InChI=1S/C14H20N2O2S/c17-19(18)8-6-16(7-9-19)14-3-1-2-12(10-14)11-15-13-4-5-13/h1-3,10,13,15H,4-9,11H2. The van der Waals surface area contributed by atoms with E-state index in [9.17, 15) is 8.42 Å². The van der Waals surface area contributed by atoms with Crippen LogP contribution in [0.2, 0.25) is 0 Å². The smallest absolute Gasteiger partial charge is 0.153 e. The maximum absolute atomic E-state index is 11.4. The monoisotopic (exact) mass is 280 g/mol. The third-order valence-electron chi connectivity index (χ3n) is 3.79. The van der Waals surface area contributed by atoms with E-state index in [0.717, 1.165) is 12.2 Å². The largest absolute Gasteiger partial charge is 0.369 e. The maximum Gasteiger partial charge on any atom is 0.153 e. The average Bonchev–Trinajstić information content (AvgIpc) is 3.21. The Morgan fingerprint density at radius 2 is 1.95 bits per heavy atom. The summed E-state index contributed by atoms with van der Waals surface area (Å²) in [5.74, 6) is 0.551. The van der Waals surface area contributed by atoms with Crippen molar-refractivity contribution < 1.29 is 8.42 Å². The van der Waals surface area contributed by atoms with Gasteiger partial charge in [-0.3, -0.25) is 0 Å². The zero-order chi connectivity index (χ0) is 13.3. The third kappa shape index (κ3) is 3.48. The molecule has 1 saturated heterocycles. The molecular weight excluding hydrogens is 260 g/mol. The highest BCUT2D eigenvalue weighted by atomic mass is 32.2. The van der Waals surface area contributed by atoms with Crippen LogP contribution in [0.25, 0.3) is 0 Å². The van der Waals surface area contributed by atoms with Crippen molar-refractivity contribution in [2.75, 3.05) is 29.5 Å². The van der Waals surface area contributed by atoms with Crippen LogP contribution in [-0.2, 0) is 16.4 Å². The molecule has 3 rings (SSSR count). The van der Waals surface area contributed by atoms with Crippen molar-refractivity contribution in [3.63, 3.8) is 0 Å². The molecule has 2 aliphatic rings. The van der Waals surface area contributed by atoms with Crippen molar-refractivity contribution in [2.45, 2.75) is 25.4 Å². The third-order valence-corrected chi connectivity index (χ3v) is 5.40. The highest BCUT2D eigenvalue weighted by Gasteiger charge is 2.22. The zero-order valence-electron chi connectivity index (χ0n) is 11.0. The summed E-state index contributed by atoms with van der Waals surface area (Å²) < 4.78 is 22.9. The first-order valence-electron chi connectivity index (χ1n) is 6.90. The summed E-state index contributed by atoms with van der Waals surface area (Å²) in [6.45, 7) is 2.13. The van der Waals surface area contributed by atoms with Crippen LogP contribution in [0, 0.1) is 0 Å². The summed E-state index contributed by atoms with van der Waals surface area (Å²) >= 11 is 0. The van der Waals surface area contributed by atoms with Gasteiger partial charge in [0, 0.05) is 31.4 Å². The van der Waals surface area contributed by atoms with Gasteiger partial charge in [-0.15, -0.1) is 0 Å². The number of nitrogens with one attached hydrogen (secondary N) is 1. The summed E-state index contributed by atoms with van der Waals surface area (Å²) in [4.78, 5) is 2.17. The molecule has 0 bridgehead atoms. The molecule has 19 heavy (non-hydrogen) atoms.